The van der Waals surface area contributed by atoms with Crippen molar-refractivity contribution in [1.29, 1.82) is 0 Å². The topological polar surface area (TPSA) is 130 Å². The molecule has 0 radical (unpaired) electrons. The van der Waals surface area contributed by atoms with Gasteiger partial charge in [0.15, 0.2) is 18.4 Å². The van der Waals surface area contributed by atoms with Crippen molar-refractivity contribution in [3.05, 3.63) is 0 Å². The zero-order valence-electron chi connectivity index (χ0n) is 14.7. The van der Waals surface area contributed by atoms with Crippen LogP contribution in [-0.2, 0) is 38.1 Å². The van der Waals surface area contributed by atoms with Gasteiger partial charge >= 0.3 is 17.9 Å². The van der Waals surface area contributed by atoms with Gasteiger partial charge in [-0.15, -0.1) is 0 Å². The molecule has 5 atom stereocenters. The number of thiocarbonyl (C=S) groups is 1. The molecule has 11 heteroatoms. The van der Waals surface area contributed by atoms with Gasteiger partial charge in [-0.05, 0) is 12.2 Å². The van der Waals surface area contributed by atoms with Gasteiger partial charge in [0.05, 0.1) is 5.16 Å². The van der Waals surface area contributed by atoms with Crippen LogP contribution in [0.15, 0.2) is 4.99 Å². The van der Waals surface area contributed by atoms with Crippen molar-refractivity contribution in [2.45, 2.75) is 58.3 Å². The quantitative estimate of drug-likeness (QED) is 0.283. The number of nitrogens with one attached hydrogen (secondary N) is 1. The standard InChI is InChI=1S/C15H20N2O8S/c1-7(18)17-12-14(24-10(4)21)13(23-9(3)20)11(5-22-8(2)19)25-15(12)16-6-26/h11-15H,5H2,1-4H3,(H,17,18)/t11?,12?,13-,14-,15?/m0/s1. The van der Waals surface area contributed by atoms with Gasteiger partial charge in [-0.1, -0.05) is 0 Å². The Balaban J connectivity index is 3.28. The lowest BCUT2D eigenvalue weighted by atomic mass is 9.95. The third-order valence-electron chi connectivity index (χ3n) is 3.27. The van der Waals surface area contributed by atoms with Crippen molar-refractivity contribution in [3.63, 3.8) is 0 Å². The fourth-order valence-electron chi connectivity index (χ4n) is 2.47. The van der Waals surface area contributed by atoms with Gasteiger partial charge in [-0.25, -0.2) is 0 Å². The van der Waals surface area contributed by atoms with E-state index in [0.717, 1.165) is 13.8 Å². The van der Waals surface area contributed by atoms with Crippen LogP contribution in [0.1, 0.15) is 27.7 Å². The van der Waals surface area contributed by atoms with E-state index >= 15 is 0 Å². The summed E-state index contributed by atoms with van der Waals surface area (Å²) in [7, 11) is 0. The smallest absolute Gasteiger partial charge is 0.303 e. The number of isothiocyanates is 1. The molecule has 1 fully saturated rings. The van der Waals surface area contributed by atoms with Gasteiger partial charge in [-0.2, -0.15) is 4.99 Å². The van der Waals surface area contributed by atoms with Crippen LogP contribution >= 0.6 is 12.2 Å². The number of rotatable bonds is 6. The van der Waals surface area contributed by atoms with E-state index in [1.54, 1.807) is 0 Å². The summed E-state index contributed by atoms with van der Waals surface area (Å²) in [6.45, 7) is 4.46. The van der Waals surface area contributed by atoms with Crippen LogP contribution in [0.5, 0.6) is 0 Å². The predicted molar refractivity (Wildman–Crippen MR) is 89.0 cm³/mol. The third-order valence-corrected chi connectivity index (χ3v) is 3.38. The third kappa shape index (κ3) is 6.51. The average molecular weight is 388 g/mol. The molecule has 0 aromatic rings. The molecule has 3 unspecified atom stereocenters. The highest BCUT2D eigenvalue weighted by atomic mass is 32.1. The summed E-state index contributed by atoms with van der Waals surface area (Å²) in [6, 6.07) is -0.996. The zero-order valence-corrected chi connectivity index (χ0v) is 15.5. The first-order chi connectivity index (χ1) is 12.1. The summed E-state index contributed by atoms with van der Waals surface area (Å²) in [5.41, 5.74) is 0. The highest BCUT2D eigenvalue weighted by molar-refractivity contribution is 7.78. The molecule has 26 heavy (non-hydrogen) atoms. The second-order valence-corrected chi connectivity index (χ2v) is 5.65. The van der Waals surface area contributed by atoms with Crippen LogP contribution in [-0.4, -0.2) is 66.2 Å². The normalized spacial score (nSPS) is 27.5. The van der Waals surface area contributed by atoms with Crippen molar-refractivity contribution in [2.75, 3.05) is 6.61 Å². The van der Waals surface area contributed by atoms with E-state index in [4.69, 9.17) is 18.9 Å². The maximum atomic E-state index is 11.5. The minimum Gasteiger partial charge on any atom is -0.463 e. The summed E-state index contributed by atoms with van der Waals surface area (Å²) < 4.78 is 21.1. The van der Waals surface area contributed by atoms with Crippen LogP contribution < -0.4 is 5.32 Å². The number of amides is 1. The highest BCUT2D eigenvalue weighted by Crippen LogP contribution is 2.27. The second kappa shape index (κ2) is 9.95. The van der Waals surface area contributed by atoms with Gasteiger partial charge in [-0.3, -0.25) is 19.2 Å². The zero-order chi connectivity index (χ0) is 19.9. The van der Waals surface area contributed by atoms with Crippen LogP contribution in [0.3, 0.4) is 0 Å². The molecule has 0 aliphatic carbocycles. The molecule has 0 aromatic heterocycles. The number of aliphatic imine (C=N–C) groups is 1. The Labute approximate surface area is 155 Å². The summed E-state index contributed by atoms with van der Waals surface area (Å²) >= 11 is 4.58. The molecule has 1 aliphatic rings. The molecule has 1 aliphatic heterocycles. The molecule has 0 spiro atoms. The van der Waals surface area contributed by atoms with Gasteiger partial charge in [0.2, 0.25) is 5.91 Å². The Bertz CT molecular complexity index is 619. The highest BCUT2D eigenvalue weighted by Gasteiger charge is 2.50. The Hall–Kier alpha value is -2.36. The minimum atomic E-state index is -1.15. The molecule has 1 rings (SSSR count). The Morgan fingerprint density at radius 3 is 2.08 bits per heavy atom. The SMILES string of the molecule is CC(=O)NC1C(N=C=S)OC(COC(C)=O)[C@H](OC(C)=O)[C@H]1OC(C)=O. The van der Waals surface area contributed by atoms with E-state index in [1.165, 1.54) is 13.8 Å². The average Bonchev–Trinajstić information content (AvgIpc) is 2.50. The number of nitrogens with zero attached hydrogens (tertiary/aromatic N) is 1. The lowest BCUT2D eigenvalue weighted by Crippen LogP contribution is -2.65. The molecule has 0 saturated carbocycles. The van der Waals surface area contributed by atoms with E-state index < -0.39 is 54.4 Å². The van der Waals surface area contributed by atoms with Gasteiger partial charge in [0.1, 0.15) is 18.8 Å². The van der Waals surface area contributed by atoms with Crippen LogP contribution in [0.2, 0.25) is 0 Å². The molecule has 1 saturated heterocycles. The van der Waals surface area contributed by atoms with E-state index in [2.05, 4.69) is 27.7 Å². The lowest BCUT2D eigenvalue weighted by Gasteiger charge is -2.43. The van der Waals surface area contributed by atoms with Gasteiger partial charge < -0.3 is 24.3 Å². The molecule has 0 aromatic carbocycles. The number of carbonyl (C=O) groups is 4. The molecule has 1 heterocycles. The molecule has 10 nitrogen and oxygen atoms in total. The summed E-state index contributed by atoms with van der Waals surface area (Å²) in [4.78, 5) is 49.5. The molecule has 1 amide bonds. The van der Waals surface area contributed by atoms with E-state index in [0.29, 0.717) is 0 Å². The predicted octanol–water partition coefficient (Wildman–Crippen LogP) is -0.255. The van der Waals surface area contributed by atoms with Gasteiger partial charge in [0.25, 0.3) is 0 Å². The monoisotopic (exact) mass is 388 g/mol. The number of hydrogen-bond acceptors (Lipinski definition) is 10. The maximum absolute atomic E-state index is 11.5. The Morgan fingerprint density at radius 1 is 1.04 bits per heavy atom. The van der Waals surface area contributed by atoms with Crippen molar-refractivity contribution in [3.8, 4) is 0 Å². The summed E-state index contributed by atoms with van der Waals surface area (Å²) in [6.07, 6.45) is -4.39. The number of carbonyl (C=O) groups excluding carboxylic acids is 4. The molecule has 0 bridgehead atoms. The minimum absolute atomic E-state index is 0.290. The summed E-state index contributed by atoms with van der Waals surface area (Å²) in [5.74, 6) is -2.40. The second-order valence-electron chi connectivity index (χ2n) is 5.46. The van der Waals surface area contributed by atoms with Crippen LogP contribution in [0.25, 0.3) is 0 Å². The van der Waals surface area contributed by atoms with Crippen molar-refractivity contribution < 1.29 is 38.1 Å². The van der Waals surface area contributed by atoms with Crippen LogP contribution in [0.4, 0.5) is 0 Å². The van der Waals surface area contributed by atoms with Crippen LogP contribution in [0, 0.1) is 0 Å². The fourth-order valence-corrected chi connectivity index (χ4v) is 2.57. The lowest BCUT2D eigenvalue weighted by molar-refractivity contribution is -0.222. The fraction of sp³-hybridized carbons (Fsp3) is 0.667. The molecule has 144 valence electrons. The van der Waals surface area contributed by atoms with E-state index in [-0.39, 0.29) is 6.61 Å². The van der Waals surface area contributed by atoms with Crippen molar-refractivity contribution >= 4 is 41.2 Å². The largest absolute Gasteiger partial charge is 0.463 e. The van der Waals surface area contributed by atoms with E-state index in [9.17, 15) is 19.2 Å². The number of hydrogen-bond donors (Lipinski definition) is 1. The number of ether oxygens (including phenoxy) is 4. The van der Waals surface area contributed by atoms with Gasteiger partial charge in [0, 0.05) is 27.7 Å². The number of esters is 3. The summed E-state index contributed by atoms with van der Waals surface area (Å²) in [5, 5.41) is 4.67. The van der Waals surface area contributed by atoms with E-state index in [1.807, 2.05) is 0 Å². The molecular weight excluding hydrogens is 368 g/mol. The first-order valence-corrected chi connectivity index (χ1v) is 8.03. The molecular formula is C15H20N2O8S. The maximum Gasteiger partial charge on any atom is 0.303 e. The Kier molecular flexibility index (Phi) is 8.30. The molecule has 1 N–H and O–H groups in total. The Morgan fingerprint density at radius 2 is 1.62 bits per heavy atom. The first-order valence-electron chi connectivity index (χ1n) is 7.63. The van der Waals surface area contributed by atoms with Crippen molar-refractivity contribution in [1.82, 2.24) is 5.32 Å². The van der Waals surface area contributed by atoms with Crippen molar-refractivity contribution in [2.24, 2.45) is 4.99 Å². The first kappa shape index (κ1) is 21.7.